The van der Waals surface area contributed by atoms with E-state index in [4.69, 9.17) is 4.74 Å². The van der Waals surface area contributed by atoms with Crippen LogP contribution in [0.2, 0.25) is 0 Å². The molecule has 10 heteroatoms. The van der Waals surface area contributed by atoms with Crippen molar-refractivity contribution in [1.29, 1.82) is 0 Å². The highest BCUT2D eigenvalue weighted by Crippen LogP contribution is 2.20. The summed E-state index contributed by atoms with van der Waals surface area (Å²) >= 11 is 0. The number of nitrogens with one attached hydrogen (secondary N) is 2. The standard InChI is InChI=1S/C15H14F3N5O2/c16-10-1-2-11(13(18)12(10)17)22-15(24)21-9-7-19-14(20-8-9)23-3-5-25-6-4-23/h1-2,7-8H,3-6H2,(H2,21,22,24). The van der Waals surface area contributed by atoms with Gasteiger partial charge in [-0.05, 0) is 12.1 Å². The zero-order valence-electron chi connectivity index (χ0n) is 12.9. The molecule has 7 nitrogen and oxygen atoms in total. The molecule has 1 aliphatic rings. The summed E-state index contributed by atoms with van der Waals surface area (Å²) in [6.45, 7) is 2.52. The van der Waals surface area contributed by atoms with E-state index in [-0.39, 0.29) is 5.69 Å². The van der Waals surface area contributed by atoms with Gasteiger partial charge in [-0.3, -0.25) is 0 Å². The fourth-order valence-electron chi connectivity index (χ4n) is 2.22. The number of anilines is 3. The van der Waals surface area contributed by atoms with E-state index in [0.29, 0.717) is 38.3 Å². The molecule has 0 atom stereocenters. The number of amides is 2. The third kappa shape index (κ3) is 3.97. The van der Waals surface area contributed by atoms with Crippen molar-refractivity contribution in [3.05, 3.63) is 42.0 Å². The van der Waals surface area contributed by atoms with Crippen LogP contribution in [0.25, 0.3) is 0 Å². The number of carbonyl (C=O) groups is 1. The van der Waals surface area contributed by atoms with Crippen molar-refractivity contribution >= 4 is 23.4 Å². The minimum atomic E-state index is -1.66. The van der Waals surface area contributed by atoms with E-state index in [1.54, 1.807) is 0 Å². The summed E-state index contributed by atoms with van der Waals surface area (Å²) < 4.78 is 44.8. The molecule has 25 heavy (non-hydrogen) atoms. The number of urea groups is 1. The Hall–Kier alpha value is -2.88. The molecular formula is C15H14F3N5O2. The molecule has 1 aliphatic heterocycles. The van der Waals surface area contributed by atoms with Crippen LogP contribution in [0, 0.1) is 17.5 Å². The smallest absolute Gasteiger partial charge is 0.323 e. The lowest BCUT2D eigenvalue weighted by Crippen LogP contribution is -2.37. The van der Waals surface area contributed by atoms with Crippen LogP contribution in [0.3, 0.4) is 0 Å². The van der Waals surface area contributed by atoms with Crippen molar-refractivity contribution in [2.24, 2.45) is 0 Å². The summed E-state index contributed by atoms with van der Waals surface area (Å²) in [5.74, 6) is -3.97. The molecule has 0 aliphatic carbocycles. The molecule has 1 aromatic carbocycles. The number of halogens is 3. The van der Waals surface area contributed by atoms with Crippen molar-refractivity contribution in [2.75, 3.05) is 41.8 Å². The maximum absolute atomic E-state index is 13.5. The largest absolute Gasteiger partial charge is 0.378 e. The summed E-state index contributed by atoms with van der Waals surface area (Å²) in [6.07, 6.45) is 2.78. The highest BCUT2D eigenvalue weighted by molar-refractivity contribution is 5.99. The molecular weight excluding hydrogens is 339 g/mol. The number of ether oxygens (including phenoxy) is 1. The maximum Gasteiger partial charge on any atom is 0.323 e. The number of hydrogen-bond donors (Lipinski definition) is 2. The van der Waals surface area contributed by atoms with Gasteiger partial charge in [-0.15, -0.1) is 0 Å². The first-order valence-corrected chi connectivity index (χ1v) is 7.41. The first-order valence-electron chi connectivity index (χ1n) is 7.41. The fourth-order valence-corrected chi connectivity index (χ4v) is 2.22. The predicted molar refractivity (Wildman–Crippen MR) is 84.0 cm³/mol. The highest BCUT2D eigenvalue weighted by atomic mass is 19.2. The lowest BCUT2D eigenvalue weighted by atomic mass is 10.3. The molecule has 2 aromatic rings. The highest BCUT2D eigenvalue weighted by Gasteiger charge is 2.16. The van der Waals surface area contributed by atoms with Crippen molar-refractivity contribution < 1.29 is 22.7 Å². The van der Waals surface area contributed by atoms with Crippen LogP contribution >= 0.6 is 0 Å². The van der Waals surface area contributed by atoms with E-state index in [2.05, 4.69) is 20.6 Å². The summed E-state index contributed by atoms with van der Waals surface area (Å²) in [4.78, 5) is 22.0. The molecule has 1 aromatic heterocycles. The Kier molecular flexibility index (Phi) is 4.98. The zero-order chi connectivity index (χ0) is 17.8. The number of nitrogens with zero attached hydrogens (tertiary/aromatic N) is 3. The maximum atomic E-state index is 13.5. The van der Waals surface area contributed by atoms with E-state index in [9.17, 15) is 18.0 Å². The average Bonchev–Trinajstić information content (AvgIpc) is 2.63. The SMILES string of the molecule is O=C(Nc1cnc(N2CCOCC2)nc1)Nc1ccc(F)c(F)c1F. The van der Waals surface area contributed by atoms with Crippen LogP contribution in [-0.4, -0.2) is 42.3 Å². The molecule has 2 amide bonds. The third-order valence-corrected chi connectivity index (χ3v) is 3.47. The number of rotatable bonds is 3. The first kappa shape index (κ1) is 17.0. The first-order chi connectivity index (χ1) is 12.0. The Balaban J connectivity index is 1.62. The van der Waals surface area contributed by atoms with E-state index in [1.165, 1.54) is 12.4 Å². The van der Waals surface area contributed by atoms with Gasteiger partial charge in [0.2, 0.25) is 5.95 Å². The van der Waals surface area contributed by atoms with E-state index < -0.39 is 29.2 Å². The molecule has 2 heterocycles. The van der Waals surface area contributed by atoms with Gasteiger partial charge in [-0.1, -0.05) is 0 Å². The van der Waals surface area contributed by atoms with E-state index in [1.807, 2.05) is 4.90 Å². The fraction of sp³-hybridized carbons (Fsp3) is 0.267. The van der Waals surface area contributed by atoms with Crippen molar-refractivity contribution in [1.82, 2.24) is 9.97 Å². The normalized spacial score (nSPS) is 14.3. The van der Waals surface area contributed by atoms with Gasteiger partial charge in [-0.2, -0.15) is 0 Å². The summed E-state index contributed by atoms with van der Waals surface area (Å²) in [7, 11) is 0. The van der Waals surface area contributed by atoms with Crippen LogP contribution in [0.4, 0.5) is 35.3 Å². The van der Waals surface area contributed by atoms with Gasteiger partial charge in [0.05, 0.1) is 37.0 Å². The Morgan fingerprint density at radius 3 is 2.40 bits per heavy atom. The molecule has 3 rings (SSSR count). The van der Waals surface area contributed by atoms with E-state index in [0.717, 1.165) is 6.07 Å². The number of morpholine rings is 1. The van der Waals surface area contributed by atoms with Crippen molar-refractivity contribution in [3.63, 3.8) is 0 Å². The van der Waals surface area contributed by atoms with Gasteiger partial charge in [0.1, 0.15) is 0 Å². The molecule has 0 radical (unpaired) electrons. The minimum absolute atomic E-state index is 0.262. The lowest BCUT2D eigenvalue weighted by Gasteiger charge is -2.26. The number of carbonyl (C=O) groups excluding carboxylic acids is 1. The monoisotopic (exact) mass is 353 g/mol. The Labute approximate surface area is 140 Å². The zero-order valence-corrected chi connectivity index (χ0v) is 12.9. The summed E-state index contributed by atoms with van der Waals surface area (Å²) in [5, 5.41) is 4.47. The van der Waals surface area contributed by atoms with Crippen LogP contribution in [0.15, 0.2) is 24.5 Å². The van der Waals surface area contributed by atoms with Crippen molar-refractivity contribution in [2.45, 2.75) is 0 Å². The molecule has 1 fully saturated rings. The average molecular weight is 353 g/mol. The Morgan fingerprint density at radius 1 is 1.04 bits per heavy atom. The molecule has 2 N–H and O–H groups in total. The number of hydrogen-bond acceptors (Lipinski definition) is 5. The van der Waals surface area contributed by atoms with Crippen LogP contribution in [0.5, 0.6) is 0 Å². The summed E-state index contributed by atoms with van der Waals surface area (Å²) in [6, 6.07) is 0.798. The molecule has 0 saturated carbocycles. The van der Waals surface area contributed by atoms with Gasteiger partial charge < -0.3 is 20.3 Å². The van der Waals surface area contributed by atoms with E-state index >= 15 is 0 Å². The van der Waals surface area contributed by atoms with Gasteiger partial charge in [0.25, 0.3) is 0 Å². The molecule has 132 valence electrons. The minimum Gasteiger partial charge on any atom is -0.378 e. The van der Waals surface area contributed by atoms with Crippen LogP contribution in [-0.2, 0) is 4.74 Å². The van der Waals surface area contributed by atoms with Gasteiger partial charge in [0, 0.05) is 13.1 Å². The Bertz CT molecular complexity index is 767. The second-order valence-corrected chi connectivity index (χ2v) is 5.17. The third-order valence-electron chi connectivity index (χ3n) is 3.47. The number of benzene rings is 1. The molecule has 0 spiro atoms. The second-order valence-electron chi connectivity index (χ2n) is 5.17. The van der Waals surface area contributed by atoms with Crippen LogP contribution in [0.1, 0.15) is 0 Å². The molecule has 0 unspecified atom stereocenters. The second kappa shape index (κ2) is 7.34. The quantitative estimate of drug-likeness (QED) is 0.829. The van der Waals surface area contributed by atoms with Gasteiger partial charge in [0.15, 0.2) is 17.5 Å². The molecule has 1 saturated heterocycles. The summed E-state index contributed by atoms with van der Waals surface area (Å²) in [5.41, 5.74) is -0.222. The number of aromatic nitrogens is 2. The molecule has 0 bridgehead atoms. The van der Waals surface area contributed by atoms with Crippen molar-refractivity contribution in [3.8, 4) is 0 Å². The lowest BCUT2D eigenvalue weighted by molar-refractivity contribution is 0.122. The van der Waals surface area contributed by atoms with Gasteiger partial charge in [-0.25, -0.2) is 27.9 Å². The predicted octanol–water partition coefficient (Wildman–Crippen LogP) is 2.37. The Morgan fingerprint density at radius 2 is 1.72 bits per heavy atom. The van der Waals surface area contributed by atoms with Gasteiger partial charge >= 0.3 is 6.03 Å². The van der Waals surface area contributed by atoms with Crippen LogP contribution < -0.4 is 15.5 Å². The topological polar surface area (TPSA) is 79.4 Å².